The highest BCUT2D eigenvalue weighted by molar-refractivity contribution is 5.97. The number of benzene rings is 1. The molecule has 0 bridgehead atoms. The molecule has 29 heavy (non-hydrogen) atoms. The van der Waals surface area contributed by atoms with E-state index in [0.29, 0.717) is 19.4 Å². The third kappa shape index (κ3) is 3.77. The predicted molar refractivity (Wildman–Crippen MR) is 104 cm³/mol. The van der Waals surface area contributed by atoms with E-state index >= 15 is 0 Å². The third-order valence-corrected chi connectivity index (χ3v) is 6.44. The molecule has 8 heteroatoms. The highest BCUT2D eigenvalue weighted by atomic mass is 16.5. The molecular formula is C21H25N3O5. The van der Waals surface area contributed by atoms with Gasteiger partial charge in [-0.3, -0.25) is 19.7 Å². The van der Waals surface area contributed by atoms with Gasteiger partial charge in [0.05, 0.1) is 12.0 Å². The van der Waals surface area contributed by atoms with Gasteiger partial charge >= 0.3 is 6.09 Å². The molecule has 3 unspecified atom stereocenters. The van der Waals surface area contributed by atoms with Crippen LogP contribution in [0.3, 0.4) is 0 Å². The van der Waals surface area contributed by atoms with Gasteiger partial charge in [0.1, 0.15) is 6.04 Å². The number of rotatable bonds is 4. The molecule has 0 aromatic heterocycles. The lowest BCUT2D eigenvalue weighted by atomic mass is 9.76. The van der Waals surface area contributed by atoms with Gasteiger partial charge in [-0.2, -0.15) is 0 Å². The van der Waals surface area contributed by atoms with Crippen molar-refractivity contribution in [3.63, 3.8) is 0 Å². The molecule has 1 saturated heterocycles. The quantitative estimate of drug-likeness (QED) is 0.452. The average Bonchev–Trinajstić information content (AvgIpc) is 3.51. The van der Waals surface area contributed by atoms with Crippen LogP contribution in [0.5, 0.6) is 0 Å². The van der Waals surface area contributed by atoms with Gasteiger partial charge in [-0.05, 0) is 42.2 Å². The normalized spacial score (nSPS) is 27.8. The van der Waals surface area contributed by atoms with Gasteiger partial charge in [0, 0.05) is 13.1 Å². The number of Topliss-reactive ketones (excluding diaryl/α,β-unsaturated/α-hetero) is 1. The molecule has 1 aromatic rings. The molecule has 2 heterocycles. The molecule has 3 aliphatic rings. The Labute approximate surface area is 168 Å². The van der Waals surface area contributed by atoms with E-state index in [1.807, 2.05) is 36.4 Å². The molecular weight excluding hydrogens is 374 g/mol. The standard InChI is InChI=1S/C21H25N3O5/c25-18(16-10-14(6-9-22-16)13-4-2-1-3-5-13)17-15(19(26)23-29)11-21(7-8-21)12-24(17)20(27)28/h1-6,15-17,22,29H,7-12H2,(H,23,26)(H,27,28). The first-order chi connectivity index (χ1) is 13.9. The van der Waals surface area contributed by atoms with Crippen molar-refractivity contribution in [3.05, 3.63) is 42.0 Å². The molecule has 2 fully saturated rings. The van der Waals surface area contributed by atoms with Crippen LogP contribution >= 0.6 is 0 Å². The Bertz CT molecular complexity index is 849. The molecule has 2 aliphatic heterocycles. The van der Waals surface area contributed by atoms with Crippen molar-refractivity contribution >= 4 is 23.4 Å². The van der Waals surface area contributed by atoms with Gasteiger partial charge in [0.15, 0.2) is 5.78 Å². The van der Waals surface area contributed by atoms with E-state index in [4.69, 9.17) is 0 Å². The Morgan fingerprint density at radius 3 is 2.52 bits per heavy atom. The number of nitrogens with one attached hydrogen (secondary N) is 2. The maximum atomic E-state index is 13.5. The van der Waals surface area contributed by atoms with E-state index in [1.54, 1.807) is 5.48 Å². The zero-order valence-corrected chi connectivity index (χ0v) is 16.0. The zero-order chi connectivity index (χ0) is 20.6. The monoisotopic (exact) mass is 399 g/mol. The van der Waals surface area contributed by atoms with Crippen LogP contribution in [0.2, 0.25) is 0 Å². The lowest BCUT2D eigenvalue weighted by Gasteiger charge is -2.43. The average molecular weight is 399 g/mol. The lowest BCUT2D eigenvalue weighted by molar-refractivity contribution is -0.144. The first-order valence-corrected chi connectivity index (χ1v) is 9.89. The molecule has 1 saturated carbocycles. The minimum atomic E-state index is -1.21. The number of carboxylic acid groups (broad SMARTS) is 1. The molecule has 4 rings (SSSR count). The zero-order valence-electron chi connectivity index (χ0n) is 16.0. The second-order valence-electron chi connectivity index (χ2n) is 8.30. The number of hydrogen-bond donors (Lipinski definition) is 4. The van der Waals surface area contributed by atoms with Crippen LogP contribution in [0.1, 0.15) is 31.2 Å². The van der Waals surface area contributed by atoms with Crippen molar-refractivity contribution in [2.45, 2.75) is 37.8 Å². The van der Waals surface area contributed by atoms with Gasteiger partial charge in [0.2, 0.25) is 5.91 Å². The van der Waals surface area contributed by atoms with Gasteiger partial charge in [-0.25, -0.2) is 10.3 Å². The van der Waals surface area contributed by atoms with Crippen molar-refractivity contribution in [1.82, 2.24) is 15.7 Å². The first-order valence-electron chi connectivity index (χ1n) is 9.89. The van der Waals surface area contributed by atoms with Gasteiger partial charge < -0.3 is 10.4 Å². The summed E-state index contributed by atoms with van der Waals surface area (Å²) in [4.78, 5) is 38.9. The number of likely N-dealkylation sites (tertiary alicyclic amines) is 1. The fourth-order valence-corrected chi connectivity index (χ4v) is 4.71. The summed E-state index contributed by atoms with van der Waals surface area (Å²) < 4.78 is 0. The van der Waals surface area contributed by atoms with Crippen LogP contribution in [0.25, 0.3) is 5.57 Å². The number of nitrogens with zero attached hydrogens (tertiary/aromatic N) is 1. The van der Waals surface area contributed by atoms with E-state index < -0.39 is 30.0 Å². The van der Waals surface area contributed by atoms with E-state index in [0.717, 1.165) is 28.9 Å². The van der Waals surface area contributed by atoms with E-state index in [-0.39, 0.29) is 17.7 Å². The highest BCUT2D eigenvalue weighted by Gasteiger charge is 2.57. The van der Waals surface area contributed by atoms with E-state index in [9.17, 15) is 24.7 Å². The third-order valence-electron chi connectivity index (χ3n) is 6.44. The van der Waals surface area contributed by atoms with Crippen LogP contribution in [0.15, 0.2) is 36.4 Å². The number of carbonyl (C=O) groups excluding carboxylic acids is 2. The number of hydrogen-bond acceptors (Lipinski definition) is 5. The maximum Gasteiger partial charge on any atom is 0.407 e. The molecule has 1 aromatic carbocycles. The molecule has 4 N–H and O–H groups in total. The summed E-state index contributed by atoms with van der Waals surface area (Å²) in [5.41, 5.74) is 3.43. The summed E-state index contributed by atoms with van der Waals surface area (Å²) in [7, 11) is 0. The van der Waals surface area contributed by atoms with Crippen molar-refractivity contribution in [2.75, 3.05) is 13.1 Å². The molecule has 154 valence electrons. The Balaban J connectivity index is 1.60. The summed E-state index contributed by atoms with van der Waals surface area (Å²) in [6.07, 6.45) is 3.30. The fourth-order valence-electron chi connectivity index (χ4n) is 4.71. The van der Waals surface area contributed by atoms with Crippen molar-refractivity contribution in [2.24, 2.45) is 11.3 Å². The summed E-state index contributed by atoms with van der Waals surface area (Å²) in [6.45, 7) is 0.739. The molecule has 1 spiro atoms. The van der Waals surface area contributed by atoms with Crippen LogP contribution in [-0.4, -0.2) is 58.2 Å². The molecule has 2 amide bonds. The minimum Gasteiger partial charge on any atom is -0.465 e. The number of piperidine rings is 1. The molecule has 3 atom stereocenters. The topological polar surface area (TPSA) is 119 Å². The Morgan fingerprint density at radius 1 is 1.17 bits per heavy atom. The summed E-state index contributed by atoms with van der Waals surface area (Å²) in [5.74, 6) is -1.92. The van der Waals surface area contributed by atoms with Crippen molar-refractivity contribution < 1.29 is 24.7 Å². The van der Waals surface area contributed by atoms with Gasteiger partial charge in [-0.15, -0.1) is 0 Å². The van der Waals surface area contributed by atoms with Crippen molar-refractivity contribution in [3.8, 4) is 0 Å². The van der Waals surface area contributed by atoms with Crippen LogP contribution < -0.4 is 10.8 Å². The van der Waals surface area contributed by atoms with E-state index in [1.165, 1.54) is 0 Å². The Hall–Kier alpha value is -2.71. The molecule has 0 radical (unpaired) electrons. The van der Waals surface area contributed by atoms with Crippen LogP contribution in [0.4, 0.5) is 4.79 Å². The van der Waals surface area contributed by atoms with Crippen molar-refractivity contribution in [1.29, 1.82) is 0 Å². The van der Waals surface area contributed by atoms with E-state index in [2.05, 4.69) is 5.32 Å². The molecule has 8 nitrogen and oxygen atoms in total. The highest BCUT2D eigenvalue weighted by Crippen LogP contribution is 2.55. The number of ketones is 1. The van der Waals surface area contributed by atoms with Crippen LogP contribution in [-0.2, 0) is 9.59 Å². The Kier molecular flexibility index (Phi) is 5.14. The lowest BCUT2D eigenvalue weighted by Crippen LogP contribution is -2.62. The number of carbonyl (C=O) groups is 3. The van der Waals surface area contributed by atoms with Crippen LogP contribution in [0, 0.1) is 11.3 Å². The largest absolute Gasteiger partial charge is 0.465 e. The van der Waals surface area contributed by atoms with Gasteiger partial charge in [-0.1, -0.05) is 36.4 Å². The summed E-state index contributed by atoms with van der Waals surface area (Å²) >= 11 is 0. The second-order valence-corrected chi connectivity index (χ2v) is 8.30. The smallest absolute Gasteiger partial charge is 0.407 e. The molecule has 1 aliphatic carbocycles. The van der Waals surface area contributed by atoms with Gasteiger partial charge in [0.25, 0.3) is 0 Å². The summed E-state index contributed by atoms with van der Waals surface area (Å²) in [6, 6.07) is 8.02. The SMILES string of the molecule is O=C(NO)C1CC2(CC2)CN(C(=O)O)C1C(=O)C1CC(c2ccccc2)=CCN1. The minimum absolute atomic E-state index is 0.249. The Morgan fingerprint density at radius 2 is 1.90 bits per heavy atom. The fraction of sp³-hybridized carbons (Fsp3) is 0.476. The second kappa shape index (κ2) is 7.61. The first kappa shape index (κ1) is 19.6. The predicted octanol–water partition coefficient (Wildman–Crippen LogP) is 1.66. The number of hydroxylamine groups is 1. The number of amides is 2. The summed E-state index contributed by atoms with van der Waals surface area (Å²) in [5, 5.41) is 22.1. The maximum absolute atomic E-state index is 13.5.